The van der Waals surface area contributed by atoms with Gasteiger partial charge >= 0.3 is 0 Å². The fourth-order valence-electron chi connectivity index (χ4n) is 3.52. The second-order valence-electron chi connectivity index (χ2n) is 6.68. The van der Waals surface area contributed by atoms with E-state index in [-0.39, 0.29) is 30.2 Å². The molecule has 6 heteroatoms. The van der Waals surface area contributed by atoms with Crippen LogP contribution in [0.15, 0.2) is 48.5 Å². The van der Waals surface area contributed by atoms with Crippen LogP contribution in [0.5, 0.6) is 5.75 Å². The Morgan fingerprint density at radius 1 is 1.22 bits per heavy atom. The van der Waals surface area contributed by atoms with Crippen molar-refractivity contribution in [1.29, 1.82) is 0 Å². The number of carbonyl (C=O) groups excluding carboxylic acids is 2. The molecule has 1 fully saturated rings. The van der Waals surface area contributed by atoms with Crippen LogP contribution < -0.4 is 10.1 Å². The molecule has 2 aromatic carbocycles. The first-order valence-corrected chi connectivity index (χ1v) is 8.92. The molecule has 1 aliphatic rings. The van der Waals surface area contributed by atoms with Gasteiger partial charge in [-0.15, -0.1) is 0 Å². The van der Waals surface area contributed by atoms with E-state index in [0.717, 1.165) is 5.56 Å². The lowest BCUT2D eigenvalue weighted by Crippen LogP contribution is -2.46. The number of nitrogens with zero attached hydrogens (tertiary/aromatic N) is 1. The number of carbonyl (C=O) groups is 2. The molecular formula is C21H23FN2O3. The van der Waals surface area contributed by atoms with Gasteiger partial charge < -0.3 is 15.0 Å². The van der Waals surface area contributed by atoms with Gasteiger partial charge in [0.1, 0.15) is 11.6 Å². The van der Waals surface area contributed by atoms with Crippen LogP contribution >= 0.6 is 0 Å². The molecule has 0 unspecified atom stereocenters. The molecule has 0 bridgehead atoms. The fourth-order valence-corrected chi connectivity index (χ4v) is 3.52. The van der Waals surface area contributed by atoms with Crippen molar-refractivity contribution in [2.75, 3.05) is 14.2 Å². The zero-order valence-corrected chi connectivity index (χ0v) is 15.4. The van der Waals surface area contributed by atoms with Crippen molar-refractivity contribution in [2.45, 2.75) is 25.4 Å². The molecule has 1 saturated heterocycles. The smallest absolute Gasteiger partial charge is 0.225 e. The third kappa shape index (κ3) is 4.10. The van der Waals surface area contributed by atoms with E-state index in [1.54, 1.807) is 37.3 Å². The van der Waals surface area contributed by atoms with Gasteiger partial charge in [-0.05, 0) is 30.2 Å². The molecule has 0 aliphatic carbocycles. The van der Waals surface area contributed by atoms with Gasteiger partial charge in [0.25, 0.3) is 0 Å². The average Bonchev–Trinajstić information content (AvgIpc) is 2.69. The maximum Gasteiger partial charge on any atom is 0.225 e. The van der Waals surface area contributed by atoms with E-state index in [9.17, 15) is 14.0 Å². The minimum absolute atomic E-state index is 0.00831. The Morgan fingerprint density at radius 3 is 2.59 bits per heavy atom. The molecule has 3 rings (SSSR count). The predicted molar refractivity (Wildman–Crippen MR) is 99.5 cm³/mol. The van der Waals surface area contributed by atoms with E-state index in [4.69, 9.17) is 4.74 Å². The maximum absolute atomic E-state index is 13.8. The van der Waals surface area contributed by atoms with Crippen LogP contribution in [0.1, 0.15) is 30.0 Å². The highest BCUT2D eigenvalue weighted by Gasteiger charge is 2.38. The SMILES string of the molecule is COc1ccc([C@H]2[C@@H](C(=O)NCc3ccccc3F)CCC(=O)N2C)cc1. The van der Waals surface area contributed by atoms with Crippen molar-refractivity contribution >= 4 is 11.8 Å². The number of amides is 2. The van der Waals surface area contributed by atoms with Gasteiger partial charge in [-0.3, -0.25) is 9.59 Å². The molecule has 0 spiro atoms. The van der Waals surface area contributed by atoms with Gasteiger partial charge in [0.05, 0.1) is 19.1 Å². The Balaban J connectivity index is 1.79. The van der Waals surface area contributed by atoms with Crippen LogP contribution in [0.3, 0.4) is 0 Å². The van der Waals surface area contributed by atoms with Crippen molar-refractivity contribution in [3.8, 4) is 5.75 Å². The minimum Gasteiger partial charge on any atom is -0.497 e. The molecule has 0 aromatic heterocycles. The van der Waals surface area contributed by atoms with Gasteiger partial charge in [-0.1, -0.05) is 30.3 Å². The number of hydrogen-bond acceptors (Lipinski definition) is 3. The van der Waals surface area contributed by atoms with E-state index in [2.05, 4.69) is 5.32 Å². The predicted octanol–water partition coefficient (Wildman–Crippen LogP) is 3.06. The number of nitrogens with one attached hydrogen (secondary N) is 1. The average molecular weight is 370 g/mol. The van der Waals surface area contributed by atoms with Gasteiger partial charge in [0.15, 0.2) is 0 Å². The summed E-state index contributed by atoms with van der Waals surface area (Å²) in [6.07, 6.45) is 0.782. The number of rotatable bonds is 5. The number of piperidine rings is 1. The van der Waals surface area contributed by atoms with Crippen LogP contribution in [0.2, 0.25) is 0 Å². The van der Waals surface area contributed by atoms with Gasteiger partial charge in [-0.2, -0.15) is 0 Å². The summed E-state index contributed by atoms with van der Waals surface area (Å²) < 4.78 is 19.0. The first-order chi connectivity index (χ1) is 13.0. The van der Waals surface area contributed by atoms with Crippen molar-refractivity contribution < 1.29 is 18.7 Å². The Kier molecular flexibility index (Phi) is 5.74. The molecule has 0 radical (unpaired) electrons. The highest BCUT2D eigenvalue weighted by atomic mass is 19.1. The van der Waals surface area contributed by atoms with Crippen molar-refractivity contribution in [2.24, 2.45) is 5.92 Å². The van der Waals surface area contributed by atoms with Crippen LogP contribution in [0.25, 0.3) is 0 Å². The summed E-state index contributed by atoms with van der Waals surface area (Å²) in [6.45, 7) is 0.120. The van der Waals surface area contributed by atoms with E-state index in [1.807, 2.05) is 24.3 Å². The minimum atomic E-state index is -0.395. The highest BCUT2D eigenvalue weighted by molar-refractivity contribution is 5.84. The van der Waals surface area contributed by atoms with E-state index in [1.165, 1.54) is 6.07 Å². The summed E-state index contributed by atoms with van der Waals surface area (Å²) >= 11 is 0. The van der Waals surface area contributed by atoms with Gasteiger partial charge in [0, 0.05) is 25.6 Å². The van der Waals surface area contributed by atoms with Gasteiger partial charge in [0.2, 0.25) is 11.8 Å². The molecule has 142 valence electrons. The number of ether oxygens (including phenoxy) is 1. The second kappa shape index (κ2) is 8.20. The summed E-state index contributed by atoms with van der Waals surface area (Å²) in [5, 5.41) is 2.83. The monoisotopic (exact) mass is 370 g/mol. The van der Waals surface area contributed by atoms with Crippen LogP contribution in [-0.2, 0) is 16.1 Å². The largest absolute Gasteiger partial charge is 0.497 e. The number of methoxy groups -OCH3 is 1. The standard InChI is InChI=1S/C21H23FN2O3/c1-24-19(25)12-11-17(20(24)14-7-9-16(27-2)10-8-14)21(26)23-13-15-5-3-4-6-18(15)22/h3-10,17,20H,11-13H2,1-2H3,(H,23,26)/t17-,20-/m0/s1. The third-order valence-electron chi connectivity index (χ3n) is 5.07. The highest BCUT2D eigenvalue weighted by Crippen LogP contribution is 2.36. The number of benzene rings is 2. The molecule has 1 aliphatic heterocycles. The molecule has 2 amide bonds. The van der Waals surface area contributed by atoms with E-state index < -0.39 is 5.92 Å². The molecule has 5 nitrogen and oxygen atoms in total. The Morgan fingerprint density at radius 2 is 1.93 bits per heavy atom. The maximum atomic E-state index is 13.8. The second-order valence-corrected chi connectivity index (χ2v) is 6.68. The lowest BCUT2D eigenvalue weighted by molar-refractivity contribution is -0.141. The summed E-state index contributed by atoms with van der Waals surface area (Å²) in [7, 11) is 3.30. The zero-order chi connectivity index (χ0) is 19.4. The molecule has 1 N–H and O–H groups in total. The summed E-state index contributed by atoms with van der Waals surface area (Å²) in [4.78, 5) is 26.7. The molecule has 1 heterocycles. The Hall–Kier alpha value is -2.89. The quantitative estimate of drug-likeness (QED) is 0.880. The summed E-state index contributed by atoms with van der Waals surface area (Å²) in [5.41, 5.74) is 1.31. The number of likely N-dealkylation sites (tertiary alicyclic amines) is 1. The summed E-state index contributed by atoms with van der Waals surface area (Å²) in [5.74, 6) is -0.204. The van der Waals surface area contributed by atoms with Crippen LogP contribution in [-0.4, -0.2) is 30.9 Å². The van der Waals surface area contributed by atoms with Crippen molar-refractivity contribution in [1.82, 2.24) is 10.2 Å². The van der Waals surface area contributed by atoms with Crippen LogP contribution in [0, 0.1) is 11.7 Å². The molecule has 2 aromatic rings. The lowest BCUT2D eigenvalue weighted by Gasteiger charge is -2.38. The first kappa shape index (κ1) is 18.9. The number of halogens is 1. The fraction of sp³-hybridized carbons (Fsp3) is 0.333. The summed E-state index contributed by atoms with van der Waals surface area (Å²) in [6, 6.07) is 13.4. The van der Waals surface area contributed by atoms with Gasteiger partial charge in [-0.25, -0.2) is 4.39 Å². The molecule has 27 heavy (non-hydrogen) atoms. The van der Waals surface area contributed by atoms with E-state index >= 15 is 0 Å². The molecule has 2 atom stereocenters. The van der Waals surface area contributed by atoms with Crippen LogP contribution in [0.4, 0.5) is 4.39 Å². The van der Waals surface area contributed by atoms with Crippen molar-refractivity contribution in [3.05, 3.63) is 65.5 Å². The van der Waals surface area contributed by atoms with E-state index in [0.29, 0.717) is 24.2 Å². The Bertz CT molecular complexity index is 822. The first-order valence-electron chi connectivity index (χ1n) is 8.92. The molecule has 0 saturated carbocycles. The topological polar surface area (TPSA) is 58.6 Å². The van der Waals surface area contributed by atoms with Crippen molar-refractivity contribution in [3.63, 3.8) is 0 Å². The molecular weight excluding hydrogens is 347 g/mol. The normalized spacial score (nSPS) is 19.7. The lowest BCUT2D eigenvalue weighted by atomic mass is 9.84. The number of hydrogen-bond donors (Lipinski definition) is 1. The Labute approximate surface area is 158 Å². The third-order valence-corrected chi connectivity index (χ3v) is 5.07. The zero-order valence-electron chi connectivity index (χ0n) is 15.4.